The van der Waals surface area contributed by atoms with Crippen molar-refractivity contribution >= 4 is 33.0 Å². The Bertz CT molecular complexity index is 1040. The van der Waals surface area contributed by atoms with Crippen molar-refractivity contribution in [3.8, 4) is 0 Å². The minimum atomic E-state index is -3.99. The van der Waals surface area contributed by atoms with Crippen molar-refractivity contribution in [1.82, 2.24) is 20.6 Å². The van der Waals surface area contributed by atoms with Crippen LogP contribution in [0.15, 0.2) is 57.1 Å². The summed E-state index contributed by atoms with van der Waals surface area (Å²) in [6.45, 7) is 0. The molecule has 11 heteroatoms. The lowest BCUT2D eigenvalue weighted by Crippen LogP contribution is -2.04. The fourth-order valence-corrected chi connectivity index (χ4v) is 3.45. The van der Waals surface area contributed by atoms with Crippen LogP contribution in [0.1, 0.15) is 16.2 Å². The van der Waals surface area contributed by atoms with Gasteiger partial charge in [-0.1, -0.05) is 11.6 Å². The van der Waals surface area contributed by atoms with E-state index in [1.807, 2.05) is 0 Å². The largest absolute Gasteiger partial charge is 0.507 e. The van der Waals surface area contributed by atoms with E-state index in [4.69, 9.17) is 16.0 Å². The van der Waals surface area contributed by atoms with E-state index in [2.05, 4.69) is 20.6 Å². The van der Waals surface area contributed by atoms with E-state index in [1.54, 1.807) is 0 Å². The lowest BCUT2D eigenvalue weighted by molar-refractivity contribution is 0.103. The predicted octanol–water partition coefficient (Wildman–Crippen LogP) is 2.06. The average molecular weight is 381 g/mol. The van der Waals surface area contributed by atoms with E-state index in [-0.39, 0.29) is 21.2 Å². The number of carbonyl (C=O) groups is 1. The van der Waals surface area contributed by atoms with Gasteiger partial charge in [0, 0.05) is 11.1 Å². The lowest BCUT2D eigenvalue weighted by Gasteiger charge is -2.05. The first-order valence-corrected chi connectivity index (χ1v) is 8.51. The van der Waals surface area contributed by atoms with Crippen LogP contribution in [-0.2, 0) is 9.84 Å². The molecule has 0 saturated heterocycles. The first kappa shape index (κ1) is 16.9. The van der Waals surface area contributed by atoms with Crippen LogP contribution in [0.25, 0.3) is 5.76 Å². The fraction of sp³-hybridized carbons (Fsp3) is 0. The summed E-state index contributed by atoms with van der Waals surface area (Å²) in [5, 5.41) is 22.8. The van der Waals surface area contributed by atoms with Crippen LogP contribution in [0.4, 0.5) is 0 Å². The Morgan fingerprint density at radius 3 is 2.60 bits per heavy atom. The number of aromatic nitrogens is 4. The third-order valence-electron chi connectivity index (χ3n) is 3.15. The number of aliphatic hydroxyl groups is 1. The second kappa shape index (κ2) is 6.49. The van der Waals surface area contributed by atoms with E-state index < -0.39 is 21.4 Å². The number of rotatable bonds is 5. The van der Waals surface area contributed by atoms with Crippen molar-refractivity contribution in [3.63, 3.8) is 0 Å². The molecule has 9 nitrogen and oxygen atoms in total. The van der Waals surface area contributed by atoms with E-state index in [9.17, 15) is 18.3 Å². The summed E-state index contributed by atoms with van der Waals surface area (Å²) in [6.07, 6.45) is 2.75. The number of halogens is 1. The number of nitrogens with one attached hydrogen (secondary N) is 1. The molecule has 0 atom stereocenters. The molecule has 0 saturated carbocycles. The number of tetrazole rings is 1. The molecular weight excluding hydrogens is 372 g/mol. The number of benzene rings is 1. The summed E-state index contributed by atoms with van der Waals surface area (Å²) in [5.41, 5.74) is -0.174. The molecule has 25 heavy (non-hydrogen) atoms. The number of ketones is 1. The molecule has 2 heterocycles. The van der Waals surface area contributed by atoms with Gasteiger partial charge in [-0.25, -0.2) is 8.42 Å². The van der Waals surface area contributed by atoms with E-state index in [0.29, 0.717) is 5.02 Å². The highest BCUT2D eigenvalue weighted by Gasteiger charge is 2.25. The zero-order valence-electron chi connectivity index (χ0n) is 12.2. The maximum absolute atomic E-state index is 12.7. The highest BCUT2D eigenvalue weighted by atomic mass is 35.5. The topological polar surface area (TPSA) is 139 Å². The highest BCUT2D eigenvalue weighted by molar-refractivity contribution is 7.91. The summed E-state index contributed by atoms with van der Waals surface area (Å²) in [5.74, 6) is -1.66. The molecule has 2 aromatic heterocycles. The standard InChI is InChI=1S/C14H9ClN4O5S/c15-8-1-3-9(4-2-8)25(22,23)13-7-24-6-10(13)11(20)5-12(21)14-16-18-19-17-14/h1-7,20H,(H,16,17,18,19). The van der Waals surface area contributed by atoms with Gasteiger partial charge in [-0.05, 0) is 29.5 Å². The van der Waals surface area contributed by atoms with Gasteiger partial charge in [0.1, 0.15) is 23.2 Å². The normalized spacial score (nSPS) is 12.3. The number of furan rings is 1. The zero-order chi connectivity index (χ0) is 18.0. The van der Waals surface area contributed by atoms with Crippen LogP contribution in [0.2, 0.25) is 5.02 Å². The number of hydrogen-bond donors (Lipinski definition) is 2. The van der Waals surface area contributed by atoms with Crippen LogP contribution in [0.3, 0.4) is 0 Å². The second-order valence-electron chi connectivity index (χ2n) is 4.74. The molecule has 0 bridgehead atoms. The third kappa shape index (κ3) is 3.30. The Kier molecular flexibility index (Phi) is 4.38. The number of hydrogen-bond acceptors (Lipinski definition) is 8. The van der Waals surface area contributed by atoms with Crippen LogP contribution in [-0.4, -0.2) is 39.9 Å². The zero-order valence-corrected chi connectivity index (χ0v) is 13.8. The van der Waals surface area contributed by atoms with E-state index >= 15 is 0 Å². The number of nitrogens with zero attached hydrogens (tertiary/aromatic N) is 3. The van der Waals surface area contributed by atoms with Crippen LogP contribution >= 0.6 is 11.6 Å². The fourth-order valence-electron chi connectivity index (χ4n) is 1.95. The SMILES string of the molecule is O=C(C=C(O)c1cocc1S(=O)(=O)c1ccc(Cl)cc1)c1nn[nH]n1. The molecule has 128 valence electrons. The van der Waals surface area contributed by atoms with Crippen LogP contribution < -0.4 is 0 Å². The molecule has 3 aromatic rings. The molecule has 3 rings (SSSR count). The van der Waals surface area contributed by atoms with E-state index in [1.165, 1.54) is 24.3 Å². The molecule has 0 aliphatic rings. The number of H-pyrrole nitrogens is 1. The average Bonchev–Trinajstić information content (AvgIpc) is 3.27. The molecule has 2 N–H and O–H groups in total. The summed E-state index contributed by atoms with van der Waals surface area (Å²) < 4.78 is 30.3. The van der Waals surface area contributed by atoms with Crippen molar-refractivity contribution < 1.29 is 22.7 Å². The molecule has 0 spiro atoms. The van der Waals surface area contributed by atoms with Gasteiger partial charge >= 0.3 is 0 Å². The summed E-state index contributed by atoms with van der Waals surface area (Å²) in [6, 6.07) is 5.48. The Morgan fingerprint density at radius 2 is 1.96 bits per heavy atom. The Morgan fingerprint density at radius 1 is 1.24 bits per heavy atom. The molecule has 0 radical (unpaired) electrons. The number of sulfone groups is 1. The molecule has 0 aliphatic heterocycles. The van der Waals surface area contributed by atoms with Gasteiger partial charge in [-0.3, -0.25) is 4.79 Å². The maximum atomic E-state index is 12.7. The van der Waals surface area contributed by atoms with Gasteiger partial charge in [-0.2, -0.15) is 5.21 Å². The molecule has 0 aliphatic carbocycles. The smallest absolute Gasteiger partial charge is 0.244 e. The molecule has 0 amide bonds. The van der Waals surface area contributed by atoms with Gasteiger partial charge in [-0.15, -0.1) is 10.2 Å². The Hall–Kier alpha value is -2.98. The van der Waals surface area contributed by atoms with Crippen molar-refractivity contribution in [2.75, 3.05) is 0 Å². The monoisotopic (exact) mass is 380 g/mol. The number of carbonyl (C=O) groups excluding carboxylic acids is 1. The minimum Gasteiger partial charge on any atom is -0.507 e. The van der Waals surface area contributed by atoms with Gasteiger partial charge in [0.2, 0.25) is 21.4 Å². The van der Waals surface area contributed by atoms with Gasteiger partial charge in [0.05, 0.1) is 10.5 Å². The third-order valence-corrected chi connectivity index (χ3v) is 5.19. The van der Waals surface area contributed by atoms with Crippen molar-refractivity contribution in [2.24, 2.45) is 0 Å². The van der Waals surface area contributed by atoms with Crippen molar-refractivity contribution in [1.29, 1.82) is 0 Å². The molecule has 0 unspecified atom stereocenters. The molecular formula is C14H9ClN4O5S. The lowest BCUT2D eigenvalue weighted by atomic mass is 10.2. The summed E-state index contributed by atoms with van der Waals surface area (Å²) in [4.78, 5) is 11.5. The number of aliphatic hydroxyl groups excluding tert-OH is 1. The number of aromatic amines is 1. The minimum absolute atomic E-state index is 0.0446. The summed E-state index contributed by atoms with van der Waals surface area (Å²) >= 11 is 5.76. The van der Waals surface area contributed by atoms with Crippen molar-refractivity contribution in [3.05, 3.63) is 59.3 Å². The molecule has 0 fully saturated rings. The van der Waals surface area contributed by atoms with Crippen LogP contribution in [0, 0.1) is 0 Å². The first-order valence-electron chi connectivity index (χ1n) is 6.65. The first-order chi connectivity index (χ1) is 11.9. The van der Waals surface area contributed by atoms with Gasteiger partial charge < -0.3 is 9.52 Å². The van der Waals surface area contributed by atoms with Crippen molar-refractivity contribution in [2.45, 2.75) is 9.79 Å². The Balaban J connectivity index is 2.00. The number of allylic oxidation sites excluding steroid dienone is 1. The van der Waals surface area contributed by atoms with Gasteiger partial charge in [0.15, 0.2) is 0 Å². The molecule has 1 aromatic carbocycles. The van der Waals surface area contributed by atoms with E-state index in [0.717, 1.165) is 18.6 Å². The predicted molar refractivity (Wildman–Crippen MR) is 84.7 cm³/mol. The quantitative estimate of drug-likeness (QED) is 0.389. The highest BCUT2D eigenvalue weighted by Crippen LogP contribution is 2.29. The second-order valence-corrected chi connectivity index (χ2v) is 7.09. The summed E-state index contributed by atoms with van der Waals surface area (Å²) in [7, 11) is -3.99. The van der Waals surface area contributed by atoms with Gasteiger partial charge in [0.25, 0.3) is 0 Å². The Labute approximate surface area is 145 Å². The maximum Gasteiger partial charge on any atom is 0.244 e. The van der Waals surface area contributed by atoms with Crippen LogP contribution in [0.5, 0.6) is 0 Å².